The topological polar surface area (TPSA) is 84.0 Å². The molecule has 0 atom stereocenters. The number of carbonyl (C=O) groups excluding carboxylic acids is 4. The second kappa shape index (κ2) is 5.85. The van der Waals surface area contributed by atoms with Crippen LogP contribution in [0.3, 0.4) is 0 Å². The first kappa shape index (κ1) is 14.2. The van der Waals surface area contributed by atoms with Crippen LogP contribution in [0.15, 0.2) is 12.7 Å². The van der Waals surface area contributed by atoms with Crippen LogP contribution >= 0.6 is 0 Å². The predicted octanol–water partition coefficient (Wildman–Crippen LogP) is 0.449. The van der Waals surface area contributed by atoms with E-state index in [2.05, 4.69) is 6.58 Å². The molecule has 2 rings (SSSR count). The number of hydrogen-bond acceptors (Lipinski definition) is 5. The van der Waals surface area contributed by atoms with Gasteiger partial charge in [-0.15, -0.1) is 6.58 Å². The zero-order chi connectivity index (χ0) is 14.7. The molecule has 0 aromatic rings. The molecule has 108 valence electrons. The standard InChI is InChI=1S/C13H16N2O5/c1-2-7-14-11(17)12(18)15(13(14)19)8-10(16)20-9-5-3-4-6-9/h2,9H,1,3-8H2. The highest BCUT2D eigenvalue weighted by atomic mass is 16.5. The smallest absolute Gasteiger partial charge is 0.335 e. The Balaban J connectivity index is 1.96. The van der Waals surface area contributed by atoms with Crippen LogP contribution in [0, 0.1) is 0 Å². The number of ether oxygens (including phenoxy) is 1. The Kier molecular flexibility index (Phi) is 4.16. The Hall–Kier alpha value is -2.18. The average molecular weight is 280 g/mol. The first-order chi connectivity index (χ1) is 9.54. The van der Waals surface area contributed by atoms with Crippen LogP contribution < -0.4 is 0 Å². The molecule has 0 aromatic carbocycles. The highest BCUT2D eigenvalue weighted by molar-refractivity contribution is 6.45. The second-order valence-electron chi connectivity index (χ2n) is 4.77. The van der Waals surface area contributed by atoms with Crippen molar-refractivity contribution < 1.29 is 23.9 Å². The third-order valence-corrected chi connectivity index (χ3v) is 3.33. The van der Waals surface area contributed by atoms with Crippen molar-refractivity contribution in [1.82, 2.24) is 9.80 Å². The van der Waals surface area contributed by atoms with Crippen molar-refractivity contribution in [3.8, 4) is 0 Å². The molecular weight excluding hydrogens is 264 g/mol. The molecule has 0 radical (unpaired) electrons. The third kappa shape index (κ3) is 2.71. The van der Waals surface area contributed by atoms with Crippen LogP contribution in [0.25, 0.3) is 0 Å². The summed E-state index contributed by atoms with van der Waals surface area (Å²) >= 11 is 0. The second-order valence-corrected chi connectivity index (χ2v) is 4.77. The summed E-state index contributed by atoms with van der Waals surface area (Å²) in [5, 5.41) is 0. The molecule has 0 unspecified atom stereocenters. The number of carbonyl (C=O) groups is 4. The number of amides is 4. The number of imide groups is 2. The van der Waals surface area contributed by atoms with Crippen LogP contribution in [-0.2, 0) is 19.1 Å². The molecule has 1 aliphatic heterocycles. The van der Waals surface area contributed by atoms with Crippen LogP contribution in [0.2, 0.25) is 0 Å². The summed E-state index contributed by atoms with van der Waals surface area (Å²) in [6, 6.07) is -0.803. The maximum absolute atomic E-state index is 11.8. The third-order valence-electron chi connectivity index (χ3n) is 3.33. The largest absolute Gasteiger partial charge is 0.461 e. The van der Waals surface area contributed by atoms with Gasteiger partial charge in [0.2, 0.25) is 0 Å². The molecule has 0 aromatic heterocycles. The van der Waals surface area contributed by atoms with Gasteiger partial charge in [0.05, 0.1) is 0 Å². The molecule has 2 fully saturated rings. The van der Waals surface area contributed by atoms with Crippen LogP contribution in [-0.4, -0.2) is 52.8 Å². The molecule has 0 N–H and O–H groups in total. The van der Waals surface area contributed by atoms with E-state index in [0.29, 0.717) is 4.90 Å². The van der Waals surface area contributed by atoms with E-state index in [4.69, 9.17) is 4.74 Å². The van der Waals surface area contributed by atoms with Gasteiger partial charge in [-0.1, -0.05) is 6.08 Å². The van der Waals surface area contributed by atoms with Gasteiger partial charge in [-0.3, -0.25) is 19.3 Å². The van der Waals surface area contributed by atoms with E-state index in [1.165, 1.54) is 6.08 Å². The molecule has 0 spiro atoms. The Morgan fingerprint density at radius 3 is 2.40 bits per heavy atom. The lowest BCUT2D eigenvalue weighted by molar-refractivity contribution is -0.152. The monoisotopic (exact) mass is 280 g/mol. The predicted molar refractivity (Wildman–Crippen MR) is 67.4 cm³/mol. The van der Waals surface area contributed by atoms with Gasteiger partial charge >= 0.3 is 23.8 Å². The van der Waals surface area contributed by atoms with Crippen molar-refractivity contribution in [2.75, 3.05) is 13.1 Å². The molecule has 1 saturated carbocycles. The van der Waals surface area contributed by atoms with Gasteiger partial charge in [-0.05, 0) is 25.7 Å². The van der Waals surface area contributed by atoms with Gasteiger partial charge in [-0.25, -0.2) is 9.69 Å². The highest BCUT2D eigenvalue weighted by Crippen LogP contribution is 2.21. The van der Waals surface area contributed by atoms with Crippen molar-refractivity contribution in [2.24, 2.45) is 0 Å². The van der Waals surface area contributed by atoms with E-state index < -0.39 is 30.4 Å². The Morgan fingerprint density at radius 2 is 1.80 bits per heavy atom. The van der Waals surface area contributed by atoms with Crippen LogP contribution in [0.1, 0.15) is 25.7 Å². The number of rotatable bonds is 5. The first-order valence-corrected chi connectivity index (χ1v) is 6.52. The fourth-order valence-electron chi connectivity index (χ4n) is 2.34. The van der Waals surface area contributed by atoms with Gasteiger partial charge in [0, 0.05) is 6.54 Å². The van der Waals surface area contributed by atoms with Gasteiger partial charge < -0.3 is 4.74 Å². The summed E-state index contributed by atoms with van der Waals surface area (Å²) in [4.78, 5) is 48.1. The van der Waals surface area contributed by atoms with Gasteiger partial charge in [0.15, 0.2) is 0 Å². The van der Waals surface area contributed by atoms with Crippen molar-refractivity contribution in [1.29, 1.82) is 0 Å². The van der Waals surface area contributed by atoms with Gasteiger partial charge in [-0.2, -0.15) is 0 Å². The number of esters is 1. The zero-order valence-electron chi connectivity index (χ0n) is 11.0. The van der Waals surface area contributed by atoms with Crippen molar-refractivity contribution in [3.63, 3.8) is 0 Å². The van der Waals surface area contributed by atoms with E-state index in [-0.39, 0.29) is 12.6 Å². The van der Waals surface area contributed by atoms with E-state index >= 15 is 0 Å². The molecule has 7 nitrogen and oxygen atoms in total. The summed E-state index contributed by atoms with van der Waals surface area (Å²) in [7, 11) is 0. The Labute approximate surface area is 116 Å². The maximum Gasteiger partial charge on any atom is 0.335 e. The summed E-state index contributed by atoms with van der Waals surface area (Å²) in [6.45, 7) is 2.83. The molecule has 4 amide bonds. The van der Waals surface area contributed by atoms with Crippen molar-refractivity contribution in [3.05, 3.63) is 12.7 Å². The minimum absolute atomic E-state index is 0.0580. The summed E-state index contributed by atoms with van der Waals surface area (Å²) in [5.74, 6) is -2.60. The normalized spacial score (nSPS) is 19.9. The fraction of sp³-hybridized carbons (Fsp3) is 0.538. The molecule has 0 bridgehead atoms. The molecule has 1 saturated heterocycles. The molecule has 1 heterocycles. The van der Waals surface area contributed by atoms with Crippen molar-refractivity contribution >= 4 is 23.8 Å². The van der Waals surface area contributed by atoms with E-state index in [0.717, 1.165) is 30.6 Å². The van der Waals surface area contributed by atoms with Gasteiger partial charge in [0.1, 0.15) is 12.6 Å². The lowest BCUT2D eigenvalue weighted by Crippen LogP contribution is -2.38. The number of hydrogen-bond donors (Lipinski definition) is 0. The minimum Gasteiger partial charge on any atom is -0.461 e. The summed E-state index contributed by atoms with van der Waals surface area (Å²) in [6.07, 6.45) is 4.81. The van der Waals surface area contributed by atoms with Gasteiger partial charge in [0.25, 0.3) is 0 Å². The minimum atomic E-state index is -1.000. The van der Waals surface area contributed by atoms with E-state index in [1.54, 1.807) is 0 Å². The maximum atomic E-state index is 11.8. The Morgan fingerprint density at radius 1 is 1.20 bits per heavy atom. The fourth-order valence-corrected chi connectivity index (χ4v) is 2.34. The van der Waals surface area contributed by atoms with Crippen LogP contribution in [0.4, 0.5) is 4.79 Å². The van der Waals surface area contributed by atoms with Crippen molar-refractivity contribution in [2.45, 2.75) is 31.8 Å². The molecule has 2 aliphatic rings. The lowest BCUT2D eigenvalue weighted by atomic mass is 10.3. The zero-order valence-corrected chi connectivity index (χ0v) is 11.0. The SMILES string of the molecule is C=CCN1C(=O)C(=O)N(CC(=O)OC2CCCC2)C1=O. The number of urea groups is 1. The first-order valence-electron chi connectivity index (χ1n) is 6.52. The molecule has 1 aliphatic carbocycles. The average Bonchev–Trinajstić information content (AvgIpc) is 2.98. The quantitative estimate of drug-likeness (QED) is 0.316. The molecular formula is C13H16N2O5. The highest BCUT2D eigenvalue weighted by Gasteiger charge is 2.45. The summed E-state index contributed by atoms with van der Waals surface area (Å²) in [5.41, 5.74) is 0. The number of nitrogens with zero attached hydrogens (tertiary/aromatic N) is 2. The van der Waals surface area contributed by atoms with E-state index in [9.17, 15) is 19.2 Å². The molecule has 7 heteroatoms. The Bertz CT molecular complexity index is 467. The van der Waals surface area contributed by atoms with E-state index in [1.807, 2.05) is 0 Å². The molecule has 20 heavy (non-hydrogen) atoms. The van der Waals surface area contributed by atoms with Crippen LogP contribution in [0.5, 0.6) is 0 Å². The summed E-state index contributed by atoms with van der Waals surface area (Å²) < 4.78 is 5.17. The lowest BCUT2D eigenvalue weighted by Gasteiger charge is -2.16.